The Kier molecular flexibility index (Phi) is 6.48. The van der Waals surface area contributed by atoms with E-state index < -0.39 is 35.4 Å². The number of anilines is 1. The van der Waals surface area contributed by atoms with Crippen molar-refractivity contribution < 1.29 is 27.7 Å². The SMILES string of the molecule is O=C1Cn2c(C(=O)NCc3cnoc3)nc(NC(=O)c3nsc4ccc(F)cc34)c2C(c2cc(F)ccc2Cl)N1. The van der Waals surface area contributed by atoms with Gasteiger partial charge in [-0.3, -0.25) is 14.4 Å². The van der Waals surface area contributed by atoms with Gasteiger partial charge in [-0.15, -0.1) is 0 Å². The van der Waals surface area contributed by atoms with E-state index in [0.29, 0.717) is 15.6 Å². The molecule has 5 aromatic rings. The molecular formula is C25H16ClF2N7O4S. The highest BCUT2D eigenvalue weighted by atomic mass is 35.5. The van der Waals surface area contributed by atoms with Crippen LogP contribution in [0.25, 0.3) is 10.1 Å². The predicted molar refractivity (Wildman–Crippen MR) is 139 cm³/mol. The Morgan fingerprint density at radius 3 is 2.77 bits per heavy atom. The fraction of sp³-hybridized carbons (Fsp3) is 0.120. The fourth-order valence-electron chi connectivity index (χ4n) is 4.38. The van der Waals surface area contributed by atoms with E-state index in [-0.39, 0.29) is 46.7 Å². The second-order valence-electron chi connectivity index (χ2n) is 8.76. The topological polar surface area (TPSA) is 144 Å². The molecule has 3 N–H and O–H groups in total. The lowest BCUT2D eigenvalue weighted by Crippen LogP contribution is -2.41. The first kappa shape index (κ1) is 25.6. The molecule has 6 rings (SSSR count). The van der Waals surface area contributed by atoms with Gasteiger partial charge in [0, 0.05) is 28.1 Å². The van der Waals surface area contributed by atoms with Crippen molar-refractivity contribution in [3.8, 4) is 0 Å². The summed E-state index contributed by atoms with van der Waals surface area (Å²) >= 11 is 7.38. The monoisotopic (exact) mass is 583 g/mol. The molecule has 4 heterocycles. The first-order valence-corrected chi connectivity index (χ1v) is 12.8. The summed E-state index contributed by atoms with van der Waals surface area (Å²) in [6.07, 6.45) is 2.77. The van der Waals surface area contributed by atoms with Crippen LogP contribution < -0.4 is 16.0 Å². The molecule has 1 aliphatic rings. The van der Waals surface area contributed by atoms with E-state index in [9.17, 15) is 23.2 Å². The third-order valence-corrected chi connectivity index (χ3v) is 7.35. The van der Waals surface area contributed by atoms with Gasteiger partial charge in [-0.2, -0.15) is 4.37 Å². The number of rotatable bonds is 6. The first-order valence-electron chi connectivity index (χ1n) is 11.7. The number of carbonyl (C=O) groups is 3. The minimum atomic E-state index is -1.07. The highest BCUT2D eigenvalue weighted by Crippen LogP contribution is 2.36. The van der Waals surface area contributed by atoms with Gasteiger partial charge in [0.25, 0.3) is 11.8 Å². The molecule has 0 saturated carbocycles. The molecule has 0 saturated heterocycles. The van der Waals surface area contributed by atoms with E-state index in [1.54, 1.807) is 0 Å². The van der Waals surface area contributed by atoms with Gasteiger partial charge in [-0.25, -0.2) is 13.8 Å². The largest absolute Gasteiger partial charge is 0.364 e. The van der Waals surface area contributed by atoms with Crippen LogP contribution in [0.2, 0.25) is 5.02 Å². The van der Waals surface area contributed by atoms with Gasteiger partial charge in [0.15, 0.2) is 5.82 Å². The summed E-state index contributed by atoms with van der Waals surface area (Å²) in [5.74, 6) is -3.33. The zero-order valence-corrected chi connectivity index (χ0v) is 21.6. The van der Waals surface area contributed by atoms with Crippen LogP contribution in [0.5, 0.6) is 0 Å². The van der Waals surface area contributed by atoms with Gasteiger partial charge in [0.1, 0.15) is 30.1 Å². The van der Waals surface area contributed by atoms with Crippen molar-refractivity contribution >= 4 is 56.8 Å². The van der Waals surface area contributed by atoms with Crippen molar-refractivity contribution in [3.63, 3.8) is 0 Å². The van der Waals surface area contributed by atoms with Gasteiger partial charge >= 0.3 is 0 Å². The first-order chi connectivity index (χ1) is 19.3. The number of fused-ring (bicyclic) bond motifs is 2. The second-order valence-corrected chi connectivity index (χ2v) is 9.98. The molecule has 2 aromatic carbocycles. The molecule has 0 bridgehead atoms. The van der Waals surface area contributed by atoms with Crippen LogP contribution in [0.4, 0.5) is 14.6 Å². The number of aromatic nitrogens is 4. The normalized spacial score (nSPS) is 14.6. The van der Waals surface area contributed by atoms with Crippen molar-refractivity contribution in [2.75, 3.05) is 5.32 Å². The number of amides is 3. The summed E-state index contributed by atoms with van der Waals surface area (Å²) in [5.41, 5.74) is 0.891. The third kappa shape index (κ3) is 4.67. The lowest BCUT2D eigenvalue weighted by atomic mass is 10.0. The molecule has 0 radical (unpaired) electrons. The zero-order chi connectivity index (χ0) is 28.0. The van der Waals surface area contributed by atoms with Crippen LogP contribution in [0, 0.1) is 11.6 Å². The van der Waals surface area contributed by atoms with Crippen LogP contribution >= 0.6 is 23.1 Å². The number of benzene rings is 2. The third-order valence-electron chi connectivity index (χ3n) is 6.17. The Labute approximate surface area is 232 Å². The molecule has 202 valence electrons. The second kappa shape index (κ2) is 10.1. The number of imidazole rings is 1. The van der Waals surface area contributed by atoms with E-state index in [4.69, 9.17) is 16.1 Å². The predicted octanol–water partition coefficient (Wildman–Crippen LogP) is 3.81. The average molecular weight is 584 g/mol. The number of halogens is 3. The summed E-state index contributed by atoms with van der Waals surface area (Å²) < 4.78 is 39.0. The van der Waals surface area contributed by atoms with Crippen LogP contribution in [0.3, 0.4) is 0 Å². The van der Waals surface area contributed by atoms with Crippen molar-refractivity contribution in [1.82, 2.24) is 29.7 Å². The maximum Gasteiger partial charge on any atom is 0.287 e. The molecule has 15 heteroatoms. The van der Waals surface area contributed by atoms with Crippen molar-refractivity contribution in [3.05, 3.63) is 93.9 Å². The zero-order valence-electron chi connectivity index (χ0n) is 20.1. The van der Waals surface area contributed by atoms with Crippen LogP contribution in [-0.2, 0) is 17.9 Å². The number of hydrogen-bond acceptors (Lipinski definition) is 8. The quantitative estimate of drug-likeness (QED) is 0.276. The van der Waals surface area contributed by atoms with Crippen molar-refractivity contribution in [2.24, 2.45) is 0 Å². The minimum absolute atomic E-state index is 0.0495. The van der Waals surface area contributed by atoms with Gasteiger partial charge < -0.3 is 25.0 Å². The molecule has 1 unspecified atom stereocenters. The lowest BCUT2D eigenvalue weighted by Gasteiger charge is -2.28. The van der Waals surface area contributed by atoms with E-state index in [0.717, 1.165) is 23.7 Å². The number of carbonyl (C=O) groups excluding carboxylic acids is 3. The highest BCUT2D eigenvalue weighted by Gasteiger charge is 2.36. The highest BCUT2D eigenvalue weighted by molar-refractivity contribution is 7.13. The van der Waals surface area contributed by atoms with E-state index in [2.05, 4.69) is 30.5 Å². The Balaban J connectivity index is 1.44. The summed E-state index contributed by atoms with van der Waals surface area (Å²) in [5, 5.41) is 12.0. The van der Waals surface area contributed by atoms with Crippen LogP contribution in [0.1, 0.15) is 44.0 Å². The summed E-state index contributed by atoms with van der Waals surface area (Å²) in [6, 6.07) is 6.51. The van der Waals surface area contributed by atoms with Gasteiger partial charge in [-0.1, -0.05) is 16.8 Å². The Hall–Kier alpha value is -4.69. The van der Waals surface area contributed by atoms with E-state index in [1.165, 1.54) is 41.3 Å². The molecular weight excluding hydrogens is 568 g/mol. The maximum absolute atomic E-state index is 14.2. The Bertz CT molecular complexity index is 1800. The molecule has 40 heavy (non-hydrogen) atoms. The molecule has 0 aliphatic carbocycles. The van der Waals surface area contributed by atoms with Crippen molar-refractivity contribution in [2.45, 2.75) is 19.1 Å². The Morgan fingerprint density at radius 2 is 1.98 bits per heavy atom. The van der Waals surface area contributed by atoms with Crippen molar-refractivity contribution in [1.29, 1.82) is 0 Å². The standard InChI is InChI=1S/C25H16ClF2N7O4S/c26-16-3-1-12(27)5-14(16)19-21-22(33-24(37)20-15-6-13(28)2-4-17(15)40-34-20)32-23(35(21)9-18(36)31-19)25(38)29-7-11-8-30-39-10-11/h1-6,8,10,19H,7,9H2,(H,29,38)(H,31,36)(H,33,37). The van der Waals surface area contributed by atoms with Gasteiger partial charge in [0.05, 0.1) is 22.6 Å². The van der Waals surface area contributed by atoms with Crippen LogP contribution in [-0.4, -0.2) is 36.8 Å². The average Bonchev–Trinajstić information content (AvgIpc) is 3.67. The number of nitrogens with zero attached hydrogens (tertiary/aromatic N) is 4. The van der Waals surface area contributed by atoms with Gasteiger partial charge in [-0.05, 0) is 47.9 Å². The molecule has 3 aromatic heterocycles. The molecule has 3 amide bonds. The van der Waals surface area contributed by atoms with Gasteiger partial charge in [0.2, 0.25) is 11.7 Å². The Morgan fingerprint density at radius 1 is 1.18 bits per heavy atom. The maximum atomic E-state index is 14.2. The smallest absolute Gasteiger partial charge is 0.287 e. The summed E-state index contributed by atoms with van der Waals surface area (Å²) in [4.78, 5) is 43.6. The molecule has 1 aliphatic heterocycles. The molecule has 1 atom stereocenters. The van der Waals surface area contributed by atoms with Crippen LogP contribution in [0.15, 0.2) is 53.4 Å². The molecule has 0 fully saturated rings. The molecule has 11 nitrogen and oxygen atoms in total. The molecule has 0 spiro atoms. The minimum Gasteiger partial charge on any atom is -0.364 e. The fourth-order valence-corrected chi connectivity index (χ4v) is 5.36. The van der Waals surface area contributed by atoms with E-state index in [1.807, 2.05) is 0 Å². The summed E-state index contributed by atoms with van der Waals surface area (Å²) in [6.45, 7) is -0.267. The number of nitrogens with one attached hydrogen (secondary N) is 3. The summed E-state index contributed by atoms with van der Waals surface area (Å²) in [7, 11) is 0. The lowest BCUT2D eigenvalue weighted by molar-refractivity contribution is -0.123. The van der Waals surface area contributed by atoms with E-state index >= 15 is 0 Å². The number of hydrogen-bond donors (Lipinski definition) is 3.